The highest BCUT2D eigenvalue weighted by Crippen LogP contribution is 2.29. The maximum absolute atomic E-state index is 13.2. The summed E-state index contributed by atoms with van der Waals surface area (Å²) < 4.78 is 13.2. The number of H-pyrrole nitrogens is 2. The molecule has 6 heteroatoms. The molecule has 5 nitrogen and oxygen atoms in total. The molecule has 142 valence electrons. The second-order valence-electron chi connectivity index (χ2n) is 7.17. The molecule has 0 radical (unpaired) electrons. The fourth-order valence-corrected chi connectivity index (χ4v) is 3.63. The van der Waals surface area contributed by atoms with Crippen LogP contribution in [0.15, 0.2) is 65.6 Å². The van der Waals surface area contributed by atoms with Crippen molar-refractivity contribution >= 4 is 21.8 Å². The van der Waals surface area contributed by atoms with Crippen LogP contribution in [0.2, 0.25) is 0 Å². The lowest BCUT2D eigenvalue weighted by molar-refractivity contribution is 0.627. The van der Waals surface area contributed by atoms with E-state index >= 15 is 0 Å². The smallest absolute Gasteiger partial charge is 0.251 e. The molecule has 0 fully saturated rings. The average molecular weight is 384 g/mol. The standard InChI is InChI=1S/C23H17FN4O/c1-13-8-15(6-7-25-13)22-19-11-16-10-17(9-14-2-4-18(24)5-3-14)23(29)26-20(16)12-21(19)27-28-22/h2-8,10-12H,9H2,1H3,(H,26,29)(H,27,28). The third kappa shape index (κ3) is 3.18. The molecule has 0 aliphatic rings. The van der Waals surface area contributed by atoms with Gasteiger partial charge in [0.15, 0.2) is 0 Å². The maximum atomic E-state index is 13.2. The van der Waals surface area contributed by atoms with Crippen LogP contribution in [0.5, 0.6) is 0 Å². The number of halogens is 1. The zero-order valence-electron chi connectivity index (χ0n) is 15.7. The third-order valence-corrected chi connectivity index (χ3v) is 5.08. The molecule has 5 rings (SSSR count). The molecule has 2 N–H and O–H groups in total. The molecule has 0 bridgehead atoms. The van der Waals surface area contributed by atoms with E-state index in [-0.39, 0.29) is 11.4 Å². The number of rotatable bonds is 3. The Morgan fingerprint density at radius 2 is 1.83 bits per heavy atom. The zero-order chi connectivity index (χ0) is 20.0. The summed E-state index contributed by atoms with van der Waals surface area (Å²) in [7, 11) is 0. The molecule has 0 aliphatic carbocycles. The van der Waals surface area contributed by atoms with E-state index in [0.717, 1.165) is 44.3 Å². The first-order chi connectivity index (χ1) is 14.1. The Morgan fingerprint density at radius 1 is 1.00 bits per heavy atom. The van der Waals surface area contributed by atoms with E-state index in [1.54, 1.807) is 18.3 Å². The van der Waals surface area contributed by atoms with Crippen LogP contribution in [-0.2, 0) is 6.42 Å². The van der Waals surface area contributed by atoms with Crippen LogP contribution < -0.4 is 5.56 Å². The molecular formula is C23H17FN4O. The van der Waals surface area contributed by atoms with Crippen molar-refractivity contribution in [2.75, 3.05) is 0 Å². The second kappa shape index (κ2) is 6.67. The van der Waals surface area contributed by atoms with Crippen LogP contribution in [0, 0.1) is 12.7 Å². The highest BCUT2D eigenvalue weighted by molar-refractivity contribution is 6.01. The molecule has 3 aromatic heterocycles. The topological polar surface area (TPSA) is 74.4 Å². The van der Waals surface area contributed by atoms with Gasteiger partial charge in [0.05, 0.1) is 11.0 Å². The van der Waals surface area contributed by atoms with Gasteiger partial charge in [-0.15, -0.1) is 0 Å². The van der Waals surface area contributed by atoms with E-state index in [1.165, 1.54) is 12.1 Å². The molecule has 5 aromatic rings. The van der Waals surface area contributed by atoms with Crippen molar-refractivity contribution in [3.63, 3.8) is 0 Å². The van der Waals surface area contributed by atoms with Crippen molar-refractivity contribution in [2.45, 2.75) is 13.3 Å². The summed E-state index contributed by atoms with van der Waals surface area (Å²) in [6.45, 7) is 1.94. The Kier molecular flexibility index (Phi) is 3.98. The van der Waals surface area contributed by atoms with Crippen LogP contribution in [0.25, 0.3) is 33.1 Å². The summed E-state index contributed by atoms with van der Waals surface area (Å²) in [5, 5.41) is 9.41. The summed E-state index contributed by atoms with van der Waals surface area (Å²) >= 11 is 0. The van der Waals surface area contributed by atoms with Gasteiger partial charge in [0, 0.05) is 34.8 Å². The lowest BCUT2D eigenvalue weighted by Crippen LogP contribution is -2.12. The Labute approximate surface area is 165 Å². The lowest BCUT2D eigenvalue weighted by Gasteiger charge is -2.05. The molecule has 2 aromatic carbocycles. The number of pyridine rings is 2. The Balaban J connectivity index is 1.64. The molecule has 29 heavy (non-hydrogen) atoms. The largest absolute Gasteiger partial charge is 0.322 e. The maximum Gasteiger partial charge on any atom is 0.251 e. The van der Waals surface area contributed by atoms with Crippen LogP contribution in [0.3, 0.4) is 0 Å². The van der Waals surface area contributed by atoms with Gasteiger partial charge in [-0.05, 0) is 60.3 Å². The average Bonchev–Trinajstić information content (AvgIpc) is 3.11. The minimum Gasteiger partial charge on any atom is -0.322 e. The first-order valence-electron chi connectivity index (χ1n) is 9.28. The van der Waals surface area contributed by atoms with Crippen molar-refractivity contribution in [2.24, 2.45) is 0 Å². The van der Waals surface area contributed by atoms with E-state index in [4.69, 9.17) is 0 Å². The van der Waals surface area contributed by atoms with Crippen LogP contribution in [-0.4, -0.2) is 20.2 Å². The van der Waals surface area contributed by atoms with Crippen LogP contribution >= 0.6 is 0 Å². The van der Waals surface area contributed by atoms with Gasteiger partial charge in [-0.2, -0.15) is 5.10 Å². The number of nitrogens with one attached hydrogen (secondary N) is 2. The second-order valence-corrected chi connectivity index (χ2v) is 7.17. The number of aromatic nitrogens is 4. The van der Waals surface area contributed by atoms with Crippen molar-refractivity contribution in [1.82, 2.24) is 20.2 Å². The van der Waals surface area contributed by atoms with Crippen molar-refractivity contribution < 1.29 is 4.39 Å². The number of nitrogens with zero attached hydrogens (tertiary/aromatic N) is 2. The van der Waals surface area contributed by atoms with Crippen LogP contribution in [0.4, 0.5) is 4.39 Å². The summed E-state index contributed by atoms with van der Waals surface area (Å²) in [6, 6.07) is 16.0. The number of aryl methyl sites for hydroxylation is 1. The number of aromatic amines is 2. The van der Waals surface area contributed by atoms with Gasteiger partial charge in [0.2, 0.25) is 0 Å². The number of fused-ring (bicyclic) bond motifs is 2. The molecular weight excluding hydrogens is 367 g/mol. The minimum absolute atomic E-state index is 0.148. The van der Waals surface area contributed by atoms with Gasteiger partial charge < -0.3 is 4.98 Å². The molecule has 0 aliphatic heterocycles. The third-order valence-electron chi connectivity index (χ3n) is 5.08. The minimum atomic E-state index is -0.289. The molecule has 0 saturated carbocycles. The van der Waals surface area contributed by atoms with Gasteiger partial charge in [-0.25, -0.2) is 4.39 Å². The van der Waals surface area contributed by atoms with E-state index < -0.39 is 0 Å². The quantitative estimate of drug-likeness (QED) is 0.481. The molecule has 0 unspecified atom stereocenters. The van der Waals surface area contributed by atoms with Gasteiger partial charge >= 0.3 is 0 Å². The van der Waals surface area contributed by atoms with Crippen molar-refractivity contribution in [3.05, 3.63) is 93.8 Å². The van der Waals surface area contributed by atoms with Crippen LogP contribution in [0.1, 0.15) is 16.8 Å². The number of benzene rings is 2. The van der Waals surface area contributed by atoms with E-state index in [9.17, 15) is 9.18 Å². The highest BCUT2D eigenvalue weighted by Gasteiger charge is 2.12. The molecule has 0 saturated heterocycles. The zero-order valence-corrected chi connectivity index (χ0v) is 15.7. The summed E-state index contributed by atoms with van der Waals surface area (Å²) in [4.78, 5) is 19.7. The monoisotopic (exact) mass is 384 g/mol. The fraction of sp³-hybridized carbons (Fsp3) is 0.0870. The highest BCUT2D eigenvalue weighted by atomic mass is 19.1. The molecule has 0 atom stereocenters. The fourth-order valence-electron chi connectivity index (χ4n) is 3.63. The lowest BCUT2D eigenvalue weighted by atomic mass is 10.0. The van der Waals surface area contributed by atoms with E-state index in [0.29, 0.717) is 12.0 Å². The van der Waals surface area contributed by atoms with Crippen molar-refractivity contribution in [1.29, 1.82) is 0 Å². The predicted molar refractivity (Wildman–Crippen MR) is 111 cm³/mol. The normalized spacial score (nSPS) is 11.4. The molecule has 3 heterocycles. The van der Waals surface area contributed by atoms with Gasteiger partial charge in [-0.3, -0.25) is 14.9 Å². The number of hydrogen-bond donors (Lipinski definition) is 2. The van der Waals surface area contributed by atoms with E-state index in [1.807, 2.05) is 37.3 Å². The van der Waals surface area contributed by atoms with Crippen molar-refractivity contribution in [3.8, 4) is 11.3 Å². The van der Waals surface area contributed by atoms with Gasteiger partial charge in [-0.1, -0.05) is 12.1 Å². The van der Waals surface area contributed by atoms with E-state index in [2.05, 4.69) is 20.2 Å². The summed E-state index contributed by atoms with van der Waals surface area (Å²) in [5.41, 5.74) is 5.71. The Morgan fingerprint density at radius 3 is 2.62 bits per heavy atom. The first kappa shape index (κ1) is 17.3. The number of hydrogen-bond acceptors (Lipinski definition) is 3. The summed E-state index contributed by atoms with van der Waals surface area (Å²) in [6.07, 6.45) is 2.20. The Hall–Kier alpha value is -3.80. The predicted octanol–water partition coefficient (Wildman–Crippen LogP) is 4.50. The first-order valence-corrected chi connectivity index (χ1v) is 9.28. The molecule has 0 spiro atoms. The van der Waals surface area contributed by atoms with Gasteiger partial charge in [0.25, 0.3) is 5.56 Å². The Bertz CT molecular complexity index is 1420. The molecule has 0 amide bonds. The van der Waals surface area contributed by atoms with Gasteiger partial charge in [0.1, 0.15) is 11.5 Å². The summed E-state index contributed by atoms with van der Waals surface area (Å²) in [5.74, 6) is -0.289. The SMILES string of the molecule is Cc1cc(-c2n[nH]c3cc4[nH]c(=O)c(Cc5ccc(F)cc5)cc4cc23)ccn1.